The van der Waals surface area contributed by atoms with E-state index in [0.717, 1.165) is 0 Å². The first-order valence-electron chi connectivity index (χ1n) is 16.0. The average Bonchev–Trinajstić information content (AvgIpc) is 3.69. The Balaban J connectivity index is 0.000000286. The monoisotopic (exact) mass is 743 g/mol. The maximum atomic E-state index is 13.4. The third kappa shape index (κ3) is 10.6. The molecular formula is C29H52ClN5O11P2. The molecule has 2 aromatic heterocycles. The van der Waals surface area contributed by atoms with Crippen LogP contribution in [0.4, 0.5) is 5.95 Å². The van der Waals surface area contributed by atoms with Crippen LogP contribution in [0.5, 0.6) is 0 Å². The fourth-order valence-electron chi connectivity index (χ4n) is 5.37. The van der Waals surface area contributed by atoms with Gasteiger partial charge in [0.15, 0.2) is 22.5 Å². The summed E-state index contributed by atoms with van der Waals surface area (Å²) in [6.07, 6.45) is -0.187. The van der Waals surface area contributed by atoms with E-state index < -0.39 is 39.1 Å². The summed E-state index contributed by atoms with van der Waals surface area (Å²) >= 11 is 6.10. The molecule has 0 spiro atoms. The molecular weight excluding hydrogens is 692 g/mol. The van der Waals surface area contributed by atoms with E-state index in [2.05, 4.69) is 15.0 Å². The number of aliphatic hydroxyl groups excluding tert-OH is 1. The van der Waals surface area contributed by atoms with Gasteiger partial charge in [0.05, 0.1) is 56.1 Å². The van der Waals surface area contributed by atoms with Crippen molar-refractivity contribution in [2.24, 2.45) is 0 Å². The fraction of sp³-hybridized carbons (Fsp3) is 0.828. The Morgan fingerprint density at radius 2 is 1.29 bits per heavy atom. The van der Waals surface area contributed by atoms with Gasteiger partial charge in [-0.15, -0.1) is 0 Å². The minimum Gasteiger partial charge on any atom is -0.394 e. The van der Waals surface area contributed by atoms with Gasteiger partial charge in [-0.1, -0.05) is 11.6 Å². The Morgan fingerprint density at radius 1 is 0.854 bits per heavy atom. The lowest BCUT2D eigenvalue weighted by Gasteiger charge is -2.27. The van der Waals surface area contributed by atoms with Crippen molar-refractivity contribution >= 4 is 43.9 Å². The van der Waals surface area contributed by atoms with Crippen molar-refractivity contribution in [3.63, 3.8) is 0 Å². The van der Waals surface area contributed by atoms with Gasteiger partial charge in [-0.05, 0) is 55.4 Å². The molecule has 0 radical (unpaired) electrons. The number of ether oxygens (including phenoxy) is 4. The van der Waals surface area contributed by atoms with Crippen LogP contribution < -0.4 is 5.73 Å². The van der Waals surface area contributed by atoms with Crippen molar-refractivity contribution in [1.82, 2.24) is 19.5 Å². The van der Waals surface area contributed by atoms with E-state index in [4.69, 9.17) is 54.4 Å². The lowest BCUT2D eigenvalue weighted by atomic mass is 10.2. The topological polar surface area (TPSA) is 198 Å². The fourth-order valence-corrected chi connectivity index (χ4v) is 10.1. The quantitative estimate of drug-likeness (QED) is 0.174. The highest BCUT2D eigenvalue weighted by atomic mass is 35.5. The highest BCUT2D eigenvalue weighted by Gasteiger charge is 2.49. The first kappa shape index (κ1) is 41.2. The minimum atomic E-state index is -3.51. The van der Waals surface area contributed by atoms with Crippen LogP contribution in [0, 0.1) is 0 Å². The molecule has 0 saturated carbocycles. The Bertz CT molecular complexity index is 1380. The van der Waals surface area contributed by atoms with Crippen LogP contribution in [0.25, 0.3) is 11.2 Å². The van der Waals surface area contributed by atoms with E-state index in [1.54, 1.807) is 45.7 Å². The number of aliphatic hydroxyl groups is 1. The Hall–Kier alpha value is -1.26. The number of methoxy groups -OCH3 is 2. The number of hydrogen-bond acceptors (Lipinski definition) is 15. The van der Waals surface area contributed by atoms with Crippen molar-refractivity contribution in [2.75, 3.05) is 26.6 Å². The molecule has 0 amide bonds. The average molecular weight is 744 g/mol. The smallest absolute Gasteiger partial charge is 0.359 e. The number of fused-ring (bicyclic) bond motifs is 1. The Kier molecular flexibility index (Phi) is 15.3. The van der Waals surface area contributed by atoms with E-state index in [0.29, 0.717) is 30.6 Å². The number of nitrogen functional groups attached to an aromatic ring is 1. The van der Waals surface area contributed by atoms with E-state index in [1.807, 2.05) is 27.7 Å². The van der Waals surface area contributed by atoms with Crippen LogP contribution in [-0.4, -0.2) is 106 Å². The lowest BCUT2D eigenvalue weighted by molar-refractivity contribution is -0.0273. The summed E-state index contributed by atoms with van der Waals surface area (Å²) in [4.78, 5) is 12.4. The summed E-state index contributed by atoms with van der Waals surface area (Å²) in [5, 5.41) is 9.42. The number of hydrogen-bond donors (Lipinski definition) is 2. The normalized spacial score (nSPS) is 25.2. The lowest BCUT2D eigenvalue weighted by Crippen LogP contribution is -2.28. The molecule has 16 nitrogen and oxygen atoms in total. The molecule has 4 rings (SSSR count). The number of halogens is 1. The maximum absolute atomic E-state index is 13.4. The first-order valence-corrected chi connectivity index (χ1v) is 19.6. The standard InChI is InChI=1S/C17H27ClN5O5P.C12H25O6P/c1-9(2)27-29(24,28-10(3)4)13-6-11(25-5)12(26-13)7-23-8-20-14-15(18)21-17(19)22-16(14)23;1-8(2)17-19(14,18-9(3)4)12-6-10(15-5)11(7-13)16-12/h8-13H,6-7H2,1-5H3,(H2,19,21,22);8-13H,6-7H2,1-5H3/t11-,12+,13-;10-,11+,12-/m00/s1. The van der Waals surface area contributed by atoms with Gasteiger partial charge in [0.25, 0.3) is 0 Å². The van der Waals surface area contributed by atoms with E-state index in [9.17, 15) is 14.2 Å². The summed E-state index contributed by atoms with van der Waals surface area (Å²) in [5.41, 5.74) is 6.65. The molecule has 0 aromatic carbocycles. The number of imidazole rings is 1. The van der Waals surface area contributed by atoms with Gasteiger partial charge in [-0.3, -0.25) is 9.13 Å². The zero-order valence-corrected chi connectivity index (χ0v) is 31.9. The molecule has 2 aliphatic rings. The van der Waals surface area contributed by atoms with Crippen molar-refractivity contribution in [1.29, 1.82) is 0 Å². The molecule has 2 aliphatic heterocycles. The van der Waals surface area contributed by atoms with E-state index in [-0.39, 0.29) is 54.3 Å². The largest absolute Gasteiger partial charge is 0.394 e. The van der Waals surface area contributed by atoms with Gasteiger partial charge in [-0.25, -0.2) is 4.98 Å². The molecule has 2 fully saturated rings. The molecule has 48 heavy (non-hydrogen) atoms. The Morgan fingerprint density at radius 3 is 1.69 bits per heavy atom. The van der Waals surface area contributed by atoms with Crippen molar-refractivity contribution in [2.45, 2.75) is 135 Å². The van der Waals surface area contributed by atoms with Gasteiger partial charge in [-0.2, -0.15) is 9.97 Å². The number of nitrogens with two attached hydrogens (primary N) is 1. The summed E-state index contributed by atoms with van der Waals surface area (Å²) in [5.74, 6) is -1.38. The summed E-state index contributed by atoms with van der Waals surface area (Å²) in [6, 6.07) is 0. The van der Waals surface area contributed by atoms with Gasteiger partial charge < -0.3 is 52.4 Å². The molecule has 4 heterocycles. The van der Waals surface area contributed by atoms with Crippen LogP contribution in [-0.2, 0) is 52.7 Å². The van der Waals surface area contributed by atoms with E-state index in [1.165, 1.54) is 7.11 Å². The molecule has 276 valence electrons. The van der Waals surface area contributed by atoms with Crippen LogP contribution in [0.3, 0.4) is 0 Å². The summed E-state index contributed by atoms with van der Waals surface area (Å²) in [6.45, 7) is 14.6. The van der Waals surface area contributed by atoms with Crippen LogP contribution in [0.2, 0.25) is 5.15 Å². The zero-order valence-electron chi connectivity index (χ0n) is 29.3. The predicted octanol–water partition coefficient (Wildman–Crippen LogP) is 5.39. The molecule has 0 aliphatic carbocycles. The summed E-state index contributed by atoms with van der Waals surface area (Å²) < 4.78 is 73.0. The van der Waals surface area contributed by atoms with Crippen molar-refractivity contribution in [3.05, 3.63) is 11.5 Å². The SMILES string of the molecule is CO[C@H]1C[C@H](P(=O)(OC(C)C)OC(C)C)O[C@@H]1CO.CO[C@H]1C[C@H](P(=O)(OC(C)C)OC(C)C)O[C@@H]1Cn1cnc2c(Cl)nc(N)nc21. The first-order chi connectivity index (χ1) is 22.4. The number of nitrogens with zero attached hydrogens (tertiary/aromatic N) is 4. The van der Waals surface area contributed by atoms with Crippen molar-refractivity contribution < 1.29 is 51.3 Å². The van der Waals surface area contributed by atoms with Gasteiger partial charge >= 0.3 is 15.2 Å². The molecule has 2 saturated heterocycles. The number of aromatic nitrogens is 4. The third-order valence-corrected chi connectivity index (χ3v) is 12.3. The van der Waals surface area contributed by atoms with Crippen LogP contribution in [0.15, 0.2) is 6.33 Å². The van der Waals surface area contributed by atoms with Crippen LogP contribution >= 0.6 is 26.8 Å². The maximum Gasteiger partial charge on any atom is 0.359 e. The minimum absolute atomic E-state index is 0.0536. The number of anilines is 1. The molecule has 2 aromatic rings. The third-order valence-electron chi connectivity index (χ3n) is 7.10. The molecule has 0 bridgehead atoms. The molecule has 0 unspecified atom stereocenters. The van der Waals surface area contributed by atoms with E-state index >= 15 is 0 Å². The second-order valence-electron chi connectivity index (χ2n) is 12.6. The van der Waals surface area contributed by atoms with Crippen LogP contribution in [0.1, 0.15) is 68.2 Å². The highest BCUT2D eigenvalue weighted by Crippen LogP contribution is 2.60. The molecule has 19 heteroatoms. The highest BCUT2D eigenvalue weighted by molar-refractivity contribution is 7.54. The predicted molar refractivity (Wildman–Crippen MR) is 180 cm³/mol. The molecule has 3 N–H and O–H groups in total. The molecule has 6 atom stereocenters. The van der Waals surface area contributed by atoms with Gasteiger partial charge in [0, 0.05) is 27.1 Å². The Labute approximate surface area is 287 Å². The second kappa shape index (κ2) is 17.8. The van der Waals surface area contributed by atoms with Gasteiger partial charge in [0.1, 0.15) is 17.7 Å². The summed E-state index contributed by atoms with van der Waals surface area (Å²) in [7, 11) is -3.78. The second-order valence-corrected chi connectivity index (χ2v) is 17.1. The van der Waals surface area contributed by atoms with Crippen molar-refractivity contribution in [3.8, 4) is 0 Å². The number of rotatable bonds is 15. The van der Waals surface area contributed by atoms with Gasteiger partial charge in [0.2, 0.25) is 5.95 Å². The zero-order chi connectivity index (χ0) is 36.0.